The molecule has 1 saturated heterocycles. The average Bonchev–Trinajstić information content (AvgIpc) is 3.78. The first-order valence-corrected chi connectivity index (χ1v) is 12.7. The Morgan fingerprint density at radius 2 is 1.71 bits per heavy atom. The Morgan fingerprint density at radius 3 is 2.32 bits per heavy atom. The first kappa shape index (κ1) is 23.1. The van der Waals surface area contributed by atoms with E-state index in [1.807, 2.05) is 0 Å². The van der Waals surface area contributed by atoms with E-state index in [0.717, 1.165) is 57.3 Å². The van der Waals surface area contributed by atoms with Gasteiger partial charge in [-0.05, 0) is 73.7 Å². The molecule has 0 radical (unpaired) electrons. The number of nitriles is 1. The van der Waals surface area contributed by atoms with Gasteiger partial charge >= 0.3 is 5.97 Å². The molecule has 1 aliphatic heterocycles. The SMILES string of the molecule is N#CCc1ccc(CC2(CN[C@@H]3C[C@@H]3c3ccccc3)CCN(CC3(C(=O)O)CC3)CC2)cc1. The minimum Gasteiger partial charge on any atom is -0.481 e. The van der Waals surface area contributed by atoms with Crippen LogP contribution in [-0.2, 0) is 17.6 Å². The Kier molecular flexibility index (Phi) is 6.46. The highest BCUT2D eigenvalue weighted by Gasteiger charge is 2.52. The molecule has 5 heteroatoms. The average molecular weight is 458 g/mol. The van der Waals surface area contributed by atoms with E-state index in [-0.39, 0.29) is 5.41 Å². The molecule has 2 aliphatic carbocycles. The molecule has 0 aromatic heterocycles. The lowest BCUT2D eigenvalue weighted by Crippen LogP contribution is -2.48. The van der Waals surface area contributed by atoms with Crippen molar-refractivity contribution in [3.8, 4) is 6.07 Å². The lowest BCUT2D eigenvalue weighted by Gasteiger charge is -2.43. The van der Waals surface area contributed by atoms with Crippen molar-refractivity contribution in [1.29, 1.82) is 5.26 Å². The predicted octanol–water partition coefficient (Wildman–Crippen LogP) is 4.39. The fourth-order valence-corrected chi connectivity index (χ4v) is 5.76. The van der Waals surface area contributed by atoms with Crippen LogP contribution in [0.1, 0.15) is 54.7 Å². The summed E-state index contributed by atoms with van der Waals surface area (Å²) in [7, 11) is 0. The first-order chi connectivity index (χ1) is 16.5. The summed E-state index contributed by atoms with van der Waals surface area (Å²) >= 11 is 0. The van der Waals surface area contributed by atoms with Crippen molar-refractivity contribution in [1.82, 2.24) is 10.2 Å². The van der Waals surface area contributed by atoms with Crippen LogP contribution in [-0.4, -0.2) is 48.2 Å². The summed E-state index contributed by atoms with van der Waals surface area (Å²) < 4.78 is 0. The molecule has 0 bridgehead atoms. The Labute approximate surface area is 202 Å². The normalized spacial score (nSPS) is 24.8. The van der Waals surface area contributed by atoms with Crippen molar-refractivity contribution in [3.05, 3.63) is 71.3 Å². The molecule has 5 nitrogen and oxygen atoms in total. The number of carboxylic acids is 1. The Balaban J connectivity index is 1.23. The van der Waals surface area contributed by atoms with Gasteiger partial charge < -0.3 is 15.3 Å². The number of carbonyl (C=O) groups is 1. The number of likely N-dealkylation sites (tertiary alicyclic amines) is 1. The number of carboxylic acid groups (broad SMARTS) is 1. The van der Waals surface area contributed by atoms with Crippen LogP contribution in [0.5, 0.6) is 0 Å². The third-order valence-corrected chi connectivity index (χ3v) is 8.39. The van der Waals surface area contributed by atoms with Gasteiger partial charge in [-0.15, -0.1) is 0 Å². The van der Waals surface area contributed by atoms with Gasteiger partial charge in [-0.3, -0.25) is 4.79 Å². The Morgan fingerprint density at radius 1 is 1.03 bits per heavy atom. The van der Waals surface area contributed by atoms with Crippen LogP contribution in [0.25, 0.3) is 0 Å². The monoisotopic (exact) mass is 457 g/mol. The summed E-state index contributed by atoms with van der Waals surface area (Å²) in [5.74, 6) is -0.00181. The molecule has 0 unspecified atom stereocenters. The molecule has 5 rings (SSSR count). The number of nitrogens with zero attached hydrogens (tertiary/aromatic N) is 2. The highest BCUT2D eigenvalue weighted by molar-refractivity contribution is 5.78. The summed E-state index contributed by atoms with van der Waals surface area (Å²) in [6.07, 6.45) is 6.49. The maximum absolute atomic E-state index is 11.7. The summed E-state index contributed by atoms with van der Waals surface area (Å²) in [4.78, 5) is 14.1. The molecule has 2 N–H and O–H groups in total. The van der Waals surface area contributed by atoms with Crippen molar-refractivity contribution in [3.63, 3.8) is 0 Å². The summed E-state index contributed by atoms with van der Waals surface area (Å²) in [6, 6.07) is 22.1. The number of nitrogens with one attached hydrogen (secondary N) is 1. The van der Waals surface area contributed by atoms with Crippen LogP contribution in [0.2, 0.25) is 0 Å². The molecule has 0 amide bonds. The Hall–Kier alpha value is -2.68. The molecule has 3 aliphatic rings. The van der Waals surface area contributed by atoms with Crippen LogP contribution in [0, 0.1) is 22.2 Å². The fourth-order valence-electron chi connectivity index (χ4n) is 5.76. The first-order valence-electron chi connectivity index (χ1n) is 12.7. The molecule has 2 aromatic rings. The number of hydrogen-bond acceptors (Lipinski definition) is 4. The standard InChI is InChI=1S/C29H35N3O2/c30-15-10-22-6-8-23(9-7-22)19-28(20-31-26-18-25(26)24-4-2-1-3-5-24)13-16-32(17-14-28)21-29(11-12-29)27(33)34/h1-9,25-26,31H,10-14,16-21H2,(H,33,34)/t25-,26-/m1/s1. The van der Waals surface area contributed by atoms with E-state index in [0.29, 0.717) is 24.9 Å². The van der Waals surface area contributed by atoms with Gasteiger partial charge in [0, 0.05) is 25.0 Å². The highest BCUT2D eigenvalue weighted by Crippen LogP contribution is 2.48. The van der Waals surface area contributed by atoms with Gasteiger partial charge in [0.1, 0.15) is 0 Å². The van der Waals surface area contributed by atoms with E-state index in [9.17, 15) is 9.90 Å². The molecule has 178 valence electrons. The largest absolute Gasteiger partial charge is 0.481 e. The minimum atomic E-state index is -0.621. The summed E-state index contributed by atoms with van der Waals surface area (Å²) in [6.45, 7) is 3.64. The molecule has 3 fully saturated rings. The molecular formula is C29H35N3O2. The highest BCUT2D eigenvalue weighted by atomic mass is 16.4. The number of rotatable bonds is 10. The predicted molar refractivity (Wildman–Crippen MR) is 132 cm³/mol. The topological polar surface area (TPSA) is 76.4 Å². The molecule has 2 aromatic carbocycles. The van der Waals surface area contributed by atoms with E-state index in [1.54, 1.807) is 0 Å². The van der Waals surface area contributed by atoms with Crippen molar-refractivity contribution < 1.29 is 9.90 Å². The van der Waals surface area contributed by atoms with Gasteiger partial charge in [-0.25, -0.2) is 0 Å². The van der Waals surface area contributed by atoms with Crippen LogP contribution in [0.3, 0.4) is 0 Å². The van der Waals surface area contributed by atoms with E-state index < -0.39 is 11.4 Å². The quantitative estimate of drug-likeness (QED) is 0.553. The minimum absolute atomic E-state index is 0.178. The van der Waals surface area contributed by atoms with E-state index in [4.69, 9.17) is 5.26 Å². The molecule has 0 spiro atoms. The second kappa shape index (κ2) is 9.52. The van der Waals surface area contributed by atoms with Gasteiger partial charge in [0.25, 0.3) is 0 Å². The molecule has 2 atom stereocenters. The number of benzene rings is 2. The molecule has 2 saturated carbocycles. The lowest BCUT2D eigenvalue weighted by atomic mass is 9.73. The number of aliphatic carboxylic acids is 1. The van der Waals surface area contributed by atoms with Crippen molar-refractivity contribution in [2.45, 2.75) is 56.9 Å². The van der Waals surface area contributed by atoms with E-state index in [2.05, 4.69) is 70.9 Å². The zero-order chi connectivity index (χ0) is 23.6. The van der Waals surface area contributed by atoms with E-state index >= 15 is 0 Å². The number of hydrogen-bond donors (Lipinski definition) is 2. The van der Waals surface area contributed by atoms with Crippen molar-refractivity contribution >= 4 is 5.97 Å². The lowest BCUT2D eigenvalue weighted by molar-refractivity contribution is -0.144. The molecule has 1 heterocycles. The summed E-state index contributed by atoms with van der Waals surface area (Å²) in [5.41, 5.74) is 3.53. The maximum atomic E-state index is 11.7. The van der Waals surface area contributed by atoms with Crippen LogP contribution in [0.15, 0.2) is 54.6 Å². The second-order valence-electron chi connectivity index (χ2n) is 10.9. The van der Waals surface area contributed by atoms with Gasteiger partial charge in [0.15, 0.2) is 0 Å². The van der Waals surface area contributed by atoms with Crippen molar-refractivity contribution in [2.24, 2.45) is 10.8 Å². The zero-order valence-electron chi connectivity index (χ0n) is 19.9. The van der Waals surface area contributed by atoms with Gasteiger partial charge in [-0.2, -0.15) is 5.26 Å². The summed E-state index contributed by atoms with van der Waals surface area (Å²) in [5, 5.41) is 22.5. The van der Waals surface area contributed by atoms with Crippen LogP contribution in [0.4, 0.5) is 0 Å². The second-order valence-corrected chi connectivity index (χ2v) is 10.9. The van der Waals surface area contributed by atoms with E-state index in [1.165, 1.54) is 17.5 Å². The third-order valence-electron chi connectivity index (χ3n) is 8.39. The fraction of sp³-hybridized carbons (Fsp3) is 0.517. The smallest absolute Gasteiger partial charge is 0.310 e. The molecular weight excluding hydrogens is 422 g/mol. The van der Waals surface area contributed by atoms with Gasteiger partial charge in [-0.1, -0.05) is 54.6 Å². The zero-order valence-corrected chi connectivity index (χ0v) is 19.9. The van der Waals surface area contributed by atoms with Crippen molar-refractivity contribution in [2.75, 3.05) is 26.2 Å². The number of piperidine rings is 1. The van der Waals surface area contributed by atoms with Crippen LogP contribution >= 0.6 is 0 Å². The van der Waals surface area contributed by atoms with Gasteiger partial charge in [0.05, 0.1) is 17.9 Å². The Bertz CT molecular complexity index is 1030. The molecule has 34 heavy (non-hydrogen) atoms. The maximum Gasteiger partial charge on any atom is 0.310 e. The van der Waals surface area contributed by atoms with Gasteiger partial charge in [0.2, 0.25) is 0 Å². The van der Waals surface area contributed by atoms with Crippen LogP contribution < -0.4 is 5.32 Å². The third kappa shape index (κ3) is 5.19.